The van der Waals surface area contributed by atoms with Crippen LogP contribution in [-0.2, 0) is 16.6 Å². The molecule has 0 radical (unpaired) electrons. The summed E-state index contributed by atoms with van der Waals surface area (Å²) in [5, 5.41) is 16.7. The zero-order valence-corrected chi connectivity index (χ0v) is 19.1. The van der Waals surface area contributed by atoms with Crippen LogP contribution in [0, 0.1) is 0 Å². The first-order valence-corrected chi connectivity index (χ1v) is 10.7. The molecule has 0 bridgehead atoms. The number of rotatable bonds is 6. The molecule has 1 aliphatic rings. The summed E-state index contributed by atoms with van der Waals surface area (Å²) in [4.78, 5) is 14.3. The molecule has 3 atom stereocenters. The predicted octanol–water partition coefficient (Wildman–Crippen LogP) is 3.42. The van der Waals surface area contributed by atoms with Gasteiger partial charge in [-0.25, -0.2) is 4.79 Å². The lowest BCUT2D eigenvalue weighted by molar-refractivity contribution is 0.0523. The number of phenols is 1. The van der Waals surface area contributed by atoms with Gasteiger partial charge in [-0.1, -0.05) is 19.9 Å². The zero-order chi connectivity index (χ0) is 21.8. The number of benzene rings is 1. The molecule has 3 unspecified atom stereocenters. The predicted molar refractivity (Wildman–Crippen MR) is 118 cm³/mol. The van der Waals surface area contributed by atoms with Gasteiger partial charge in [0.25, 0.3) is 0 Å². The number of nitrogens with one attached hydrogen (secondary N) is 2. The monoisotopic (exact) mass is 405 g/mol. The fourth-order valence-electron chi connectivity index (χ4n) is 4.36. The van der Waals surface area contributed by atoms with Gasteiger partial charge in [-0.2, -0.15) is 0 Å². The van der Waals surface area contributed by atoms with E-state index >= 15 is 0 Å². The Morgan fingerprint density at radius 3 is 2.66 bits per heavy atom. The minimum Gasteiger partial charge on any atom is -0.508 e. The molecule has 0 saturated carbocycles. The number of amides is 1. The first-order valence-electron chi connectivity index (χ1n) is 10.7. The summed E-state index contributed by atoms with van der Waals surface area (Å²) >= 11 is 0. The molecule has 3 N–H and O–H groups in total. The molecule has 0 aliphatic carbocycles. The number of alkyl carbamates (subject to hydrolysis) is 1. The third-order valence-electron chi connectivity index (χ3n) is 6.10. The fraction of sp³-hybridized carbons (Fsp3) is 0.696. The van der Waals surface area contributed by atoms with Crippen LogP contribution in [0.4, 0.5) is 4.79 Å². The number of ether oxygens (including phenoxy) is 1. The second-order valence-corrected chi connectivity index (χ2v) is 9.44. The Labute approximate surface area is 176 Å². The normalized spacial score (nSPS) is 25.6. The van der Waals surface area contributed by atoms with Crippen molar-refractivity contribution in [1.82, 2.24) is 15.5 Å². The van der Waals surface area contributed by atoms with Crippen LogP contribution in [0.2, 0.25) is 0 Å². The molecule has 0 aromatic heterocycles. The Hall–Kier alpha value is -1.79. The van der Waals surface area contributed by atoms with E-state index in [2.05, 4.69) is 43.4 Å². The lowest BCUT2D eigenvalue weighted by Gasteiger charge is -2.50. The van der Waals surface area contributed by atoms with Crippen LogP contribution >= 0.6 is 0 Å². The van der Waals surface area contributed by atoms with Gasteiger partial charge in [0.1, 0.15) is 11.4 Å². The van der Waals surface area contributed by atoms with Crippen LogP contribution in [-0.4, -0.2) is 60.5 Å². The maximum Gasteiger partial charge on any atom is 0.407 e. The van der Waals surface area contributed by atoms with Crippen molar-refractivity contribution < 1.29 is 14.6 Å². The fourth-order valence-corrected chi connectivity index (χ4v) is 4.36. The summed E-state index contributed by atoms with van der Waals surface area (Å²) in [6.45, 7) is 14.4. The van der Waals surface area contributed by atoms with Gasteiger partial charge in [-0.3, -0.25) is 0 Å². The van der Waals surface area contributed by atoms with E-state index in [1.54, 1.807) is 6.07 Å². The van der Waals surface area contributed by atoms with Crippen molar-refractivity contribution in [2.45, 2.75) is 77.5 Å². The number of likely N-dealkylation sites (N-methyl/N-ethyl adjacent to an activating group) is 1. The van der Waals surface area contributed by atoms with Crippen molar-refractivity contribution in [3.8, 4) is 5.75 Å². The lowest BCUT2D eigenvalue weighted by atomic mass is 9.67. The highest BCUT2D eigenvalue weighted by molar-refractivity contribution is 5.67. The van der Waals surface area contributed by atoms with Gasteiger partial charge in [0.2, 0.25) is 0 Å². The quantitative estimate of drug-likeness (QED) is 0.633. The van der Waals surface area contributed by atoms with Crippen LogP contribution < -0.4 is 10.6 Å². The Balaban J connectivity index is 2.13. The van der Waals surface area contributed by atoms with Crippen LogP contribution in [0.1, 0.15) is 59.1 Å². The summed E-state index contributed by atoms with van der Waals surface area (Å²) in [6.07, 6.45) is 1.54. The van der Waals surface area contributed by atoms with Crippen molar-refractivity contribution in [2.24, 2.45) is 0 Å². The highest BCUT2D eigenvalue weighted by atomic mass is 16.6. The van der Waals surface area contributed by atoms with Crippen LogP contribution in [0.5, 0.6) is 5.75 Å². The molecule has 2 rings (SSSR count). The SMILES string of the molecule is CCc1ccc(O)cc1C1(C)CCN(C)C(C)C1NCCNC(=O)OC(C)(C)C. The highest BCUT2D eigenvalue weighted by Crippen LogP contribution is 2.40. The number of hydrogen-bond donors (Lipinski definition) is 3. The lowest BCUT2D eigenvalue weighted by Crippen LogP contribution is -2.63. The largest absolute Gasteiger partial charge is 0.508 e. The van der Waals surface area contributed by atoms with Crippen LogP contribution in [0.3, 0.4) is 0 Å². The number of likely N-dealkylation sites (tertiary alicyclic amines) is 1. The number of aromatic hydroxyl groups is 1. The Kier molecular flexibility index (Phi) is 7.57. The minimum atomic E-state index is -0.497. The summed E-state index contributed by atoms with van der Waals surface area (Å²) in [7, 11) is 2.15. The van der Waals surface area contributed by atoms with E-state index in [1.807, 2.05) is 32.9 Å². The van der Waals surface area contributed by atoms with Crippen molar-refractivity contribution in [3.63, 3.8) is 0 Å². The number of piperidine rings is 1. The van der Waals surface area contributed by atoms with Gasteiger partial charge in [-0.15, -0.1) is 0 Å². The van der Waals surface area contributed by atoms with E-state index in [4.69, 9.17) is 4.74 Å². The molecule has 6 heteroatoms. The maximum atomic E-state index is 11.9. The summed E-state index contributed by atoms with van der Waals surface area (Å²) in [5.41, 5.74) is 1.89. The van der Waals surface area contributed by atoms with E-state index in [0.29, 0.717) is 24.9 Å². The summed E-state index contributed by atoms with van der Waals surface area (Å²) in [6, 6.07) is 6.26. The second-order valence-electron chi connectivity index (χ2n) is 9.44. The van der Waals surface area contributed by atoms with Crippen LogP contribution in [0.15, 0.2) is 18.2 Å². The average molecular weight is 406 g/mol. The first-order chi connectivity index (χ1) is 13.5. The first kappa shape index (κ1) is 23.5. The second kappa shape index (κ2) is 9.35. The molecule has 1 heterocycles. The summed E-state index contributed by atoms with van der Waals surface area (Å²) in [5.74, 6) is 0.315. The zero-order valence-electron chi connectivity index (χ0n) is 19.1. The van der Waals surface area contributed by atoms with Gasteiger partial charge in [-0.05, 0) is 77.4 Å². The number of carbonyl (C=O) groups excluding carboxylic acids is 1. The molecule has 1 fully saturated rings. The van der Waals surface area contributed by atoms with E-state index in [0.717, 1.165) is 19.4 Å². The standard InChI is InChI=1S/C23H39N3O3/c1-8-17-9-10-18(27)15-19(17)23(6)11-14-26(7)16(2)20(23)24-12-13-25-21(28)29-22(3,4)5/h9-10,15-16,20,24,27H,8,11-14H2,1-7H3,(H,25,28). The number of carbonyl (C=O) groups is 1. The average Bonchev–Trinajstić information content (AvgIpc) is 2.63. The van der Waals surface area contributed by atoms with Crippen molar-refractivity contribution >= 4 is 6.09 Å². The molecule has 1 aromatic rings. The number of phenolic OH excluding ortho intramolecular Hbond substituents is 1. The molecular weight excluding hydrogens is 366 g/mol. The summed E-state index contributed by atoms with van der Waals surface area (Å²) < 4.78 is 5.31. The number of nitrogens with zero attached hydrogens (tertiary/aromatic N) is 1. The van der Waals surface area contributed by atoms with E-state index in [9.17, 15) is 9.90 Å². The van der Waals surface area contributed by atoms with Gasteiger partial charge in [0.15, 0.2) is 0 Å². The highest BCUT2D eigenvalue weighted by Gasteiger charge is 2.44. The smallest absolute Gasteiger partial charge is 0.407 e. The van der Waals surface area contributed by atoms with Crippen molar-refractivity contribution in [1.29, 1.82) is 0 Å². The maximum absolute atomic E-state index is 11.9. The van der Waals surface area contributed by atoms with E-state index in [-0.39, 0.29) is 11.5 Å². The molecule has 6 nitrogen and oxygen atoms in total. The third-order valence-corrected chi connectivity index (χ3v) is 6.10. The number of hydrogen-bond acceptors (Lipinski definition) is 5. The molecule has 1 aromatic carbocycles. The van der Waals surface area contributed by atoms with Crippen LogP contribution in [0.25, 0.3) is 0 Å². The van der Waals surface area contributed by atoms with Gasteiger partial charge in [0, 0.05) is 30.6 Å². The van der Waals surface area contributed by atoms with Gasteiger partial charge < -0.3 is 25.4 Å². The minimum absolute atomic E-state index is 0.109. The Bertz CT molecular complexity index is 701. The van der Waals surface area contributed by atoms with E-state index < -0.39 is 11.7 Å². The molecule has 1 saturated heterocycles. The Morgan fingerprint density at radius 2 is 2.03 bits per heavy atom. The molecular formula is C23H39N3O3. The van der Waals surface area contributed by atoms with Gasteiger partial charge in [0.05, 0.1) is 0 Å². The number of aryl methyl sites for hydroxylation is 1. The molecule has 1 aliphatic heterocycles. The van der Waals surface area contributed by atoms with Gasteiger partial charge >= 0.3 is 6.09 Å². The van der Waals surface area contributed by atoms with E-state index in [1.165, 1.54) is 11.1 Å². The van der Waals surface area contributed by atoms with Crippen molar-refractivity contribution in [3.05, 3.63) is 29.3 Å². The molecule has 0 spiro atoms. The molecule has 29 heavy (non-hydrogen) atoms. The Morgan fingerprint density at radius 1 is 1.34 bits per heavy atom. The van der Waals surface area contributed by atoms with Crippen molar-refractivity contribution in [2.75, 3.05) is 26.7 Å². The third kappa shape index (κ3) is 5.86. The molecule has 1 amide bonds. The molecule has 164 valence electrons. The topological polar surface area (TPSA) is 73.8 Å².